The molecule has 0 saturated heterocycles. The van der Waals surface area contributed by atoms with Crippen molar-refractivity contribution in [2.75, 3.05) is 20.3 Å². The van der Waals surface area contributed by atoms with Crippen LogP contribution in [0.15, 0.2) is 42.5 Å². The van der Waals surface area contributed by atoms with Crippen molar-refractivity contribution in [2.45, 2.75) is 26.9 Å². The van der Waals surface area contributed by atoms with Gasteiger partial charge in [-0.25, -0.2) is 0 Å². The summed E-state index contributed by atoms with van der Waals surface area (Å²) in [4.78, 5) is 12.1. The van der Waals surface area contributed by atoms with Gasteiger partial charge in [0.2, 0.25) is 0 Å². The predicted octanol–water partition coefficient (Wildman–Crippen LogP) is 3.27. The van der Waals surface area contributed by atoms with Crippen LogP contribution in [0, 0.1) is 13.8 Å². The fraction of sp³-hybridized carbons (Fsp3) is 0.350. The Balaban J connectivity index is 1.77. The highest BCUT2D eigenvalue weighted by Crippen LogP contribution is 2.26. The lowest BCUT2D eigenvalue weighted by atomic mass is 10.1. The lowest BCUT2D eigenvalue weighted by Crippen LogP contribution is -2.38. The highest BCUT2D eigenvalue weighted by atomic mass is 16.5. The molecule has 2 aromatic rings. The maximum absolute atomic E-state index is 12.1. The van der Waals surface area contributed by atoms with E-state index < -0.39 is 6.10 Å². The fourth-order valence-electron chi connectivity index (χ4n) is 2.40. The van der Waals surface area contributed by atoms with Crippen molar-refractivity contribution in [1.82, 2.24) is 5.32 Å². The molecule has 2 rings (SSSR count). The number of carbonyl (C=O) groups is 1. The summed E-state index contributed by atoms with van der Waals surface area (Å²) in [6.07, 6.45) is -0.627. The van der Waals surface area contributed by atoms with Crippen molar-refractivity contribution in [3.05, 3.63) is 53.6 Å². The first-order valence-electron chi connectivity index (χ1n) is 8.28. The Labute approximate surface area is 148 Å². The Kier molecular flexibility index (Phi) is 6.69. The van der Waals surface area contributed by atoms with E-state index in [2.05, 4.69) is 11.4 Å². The van der Waals surface area contributed by atoms with E-state index in [4.69, 9.17) is 14.2 Å². The smallest absolute Gasteiger partial charge is 0.260 e. The minimum absolute atomic E-state index is 0.199. The van der Waals surface area contributed by atoms with Gasteiger partial charge in [0.15, 0.2) is 17.6 Å². The van der Waals surface area contributed by atoms with Crippen molar-refractivity contribution in [2.24, 2.45) is 0 Å². The van der Waals surface area contributed by atoms with Crippen LogP contribution in [-0.2, 0) is 4.79 Å². The first-order chi connectivity index (χ1) is 12.0. The van der Waals surface area contributed by atoms with Gasteiger partial charge >= 0.3 is 0 Å². The van der Waals surface area contributed by atoms with Gasteiger partial charge in [0.1, 0.15) is 12.4 Å². The molecular formula is C20H25NO4. The number of para-hydroxylation sites is 2. The minimum Gasteiger partial charge on any atom is -0.493 e. The van der Waals surface area contributed by atoms with Gasteiger partial charge in [-0.3, -0.25) is 4.79 Å². The van der Waals surface area contributed by atoms with E-state index in [1.807, 2.05) is 38.1 Å². The molecule has 0 unspecified atom stereocenters. The van der Waals surface area contributed by atoms with Crippen molar-refractivity contribution in [3.63, 3.8) is 0 Å². The topological polar surface area (TPSA) is 56.8 Å². The monoisotopic (exact) mass is 343 g/mol. The van der Waals surface area contributed by atoms with E-state index in [1.165, 1.54) is 5.56 Å². The number of amides is 1. The maximum atomic E-state index is 12.1. The quantitative estimate of drug-likeness (QED) is 0.748. The van der Waals surface area contributed by atoms with Crippen LogP contribution in [0.25, 0.3) is 0 Å². The Morgan fingerprint density at radius 3 is 2.48 bits per heavy atom. The molecule has 0 saturated carbocycles. The lowest BCUT2D eigenvalue weighted by Gasteiger charge is -2.17. The number of methoxy groups -OCH3 is 1. The molecule has 25 heavy (non-hydrogen) atoms. The van der Waals surface area contributed by atoms with Gasteiger partial charge in [-0.15, -0.1) is 0 Å². The summed E-state index contributed by atoms with van der Waals surface area (Å²) >= 11 is 0. The Hall–Kier alpha value is -2.69. The van der Waals surface area contributed by atoms with Gasteiger partial charge in [-0.1, -0.05) is 29.8 Å². The number of rotatable bonds is 8. The second-order valence-electron chi connectivity index (χ2n) is 5.82. The van der Waals surface area contributed by atoms with Crippen molar-refractivity contribution >= 4 is 5.91 Å². The molecule has 1 amide bonds. The molecule has 0 radical (unpaired) electrons. The maximum Gasteiger partial charge on any atom is 0.260 e. The van der Waals surface area contributed by atoms with Crippen LogP contribution in [0.1, 0.15) is 18.1 Å². The number of ether oxygens (including phenoxy) is 3. The van der Waals surface area contributed by atoms with E-state index >= 15 is 0 Å². The Morgan fingerprint density at radius 1 is 1.08 bits per heavy atom. The molecule has 1 atom stereocenters. The molecular weight excluding hydrogens is 318 g/mol. The highest BCUT2D eigenvalue weighted by Gasteiger charge is 2.16. The van der Waals surface area contributed by atoms with E-state index in [1.54, 1.807) is 26.2 Å². The predicted molar refractivity (Wildman–Crippen MR) is 97.5 cm³/mol. The van der Waals surface area contributed by atoms with Gasteiger partial charge in [0.25, 0.3) is 5.91 Å². The molecule has 5 nitrogen and oxygen atoms in total. The van der Waals surface area contributed by atoms with E-state index in [9.17, 15) is 4.79 Å². The molecule has 0 aromatic heterocycles. The second-order valence-corrected chi connectivity index (χ2v) is 5.82. The Morgan fingerprint density at radius 2 is 1.80 bits per heavy atom. The molecule has 0 spiro atoms. The number of hydrogen-bond donors (Lipinski definition) is 1. The van der Waals surface area contributed by atoms with Crippen LogP contribution in [0.4, 0.5) is 0 Å². The van der Waals surface area contributed by atoms with E-state index in [0.717, 1.165) is 11.3 Å². The van der Waals surface area contributed by atoms with E-state index in [0.29, 0.717) is 24.7 Å². The number of aryl methyl sites for hydroxylation is 2. The number of hydrogen-bond acceptors (Lipinski definition) is 4. The molecule has 0 bridgehead atoms. The third-order valence-electron chi connectivity index (χ3n) is 3.73. The third-order valence-corrected chi connectivity index (χ3v) is 3.73. The fourth-order valence-corrected chi connectivity index (χ4v) is 2.40. The van der Waals surface area contributed by atoms with Crippen molar-refractivity contribution < 1.29 is 19.0 Å². The molecule has 0 heterocycles. The summed E-state index contributed by atoms with van der Waals surface area (Å²) < 4.78 is 16.6. The number of carbonyl (C=O) groups excluding carboxylic acids is 1. The molecule has 2 aromatic carbocycles. The first-order valence-corrected chi connectivity index (χ1v) is 8.28. The molecule has 1 N–H and O–H groups in total. The van der Waals surface area contributed by atoms with E-state index in [-0.39, 0.29) is 5.91 Å². The zero-order valence-electron chi connectivity index (χ0n) is 15.2. The summed E-state index contributed by atoms with van der Waals surface area (Å²) in [5, 5.41) is 2.81. The van der Waals surface area contributed by atoms with Crippen LogP contribution in [0.5, 0.6) is 17.2 Å². The second kappa shape index (κ2) is 8.97. The normalized spacial score (nSPS) is 11.5. The zero-order chi connectivity index (χ0) is 18.2. The summed E-state index contributed by atoms with van der Waals surface area (Å²) in [7, 11) is 1.57. The number of benzene rings is 2. The molecule has 0 aliphatic heterocycles. The molecule has 0 fully saturated rings. The average molecular weight is 343 g/mol. The van der Waals surface area contributed by atoms with Gasteiger partial charge in [-0.05, 0) is 44.5 Å². The SMILES string of the molecule is COc1ccccc1O[C@H](C)C(=O)NCCOc1ccc(C)cc1C. The largest absolute Gasteiger partial charge is 0.493 e. The average Bonchev–Trinajstić information content (AvgIpc) is 2.60. The van der Waals surface area contributed by atoms with Crippen LogP contribution < -0.4 is 19.5 Å². The molecule has 5 heteroatoms. The molecule has 0 aliphatic rings. The summed E-state index contributed by atoms with van der Waals surface area (Å²) in [5.74, 6) is 1.77. The van der Waals surface area contributed by atoms with Crippen LogP contribution in [0.3, 0.4) is 0 Å². The van der Waals surface area contributed by atoms with Gasteiger partial charge < -0.3 is 19.5 Å². The highest BCUT2D eigenvalue weighted by molar-refractivity contribution is 5.80. The van der Waals surface area contributed by atoms with Gasteiger partial charge in [-0.2, -0.15) is 0 Å². The Bertz CT molecular complexity index is 715. The molecule has 134 valence electrons. The van der Waals surface area contributed by atoms with Crippen LogP contribution >= 0.6 is 0 Å². The third kappa shape index (κ3) is 5.41. The van der Waals surface area contributed by atoms with Gasteiger partial charge in [0.05, 0.1) is 13.7 Å². The minimum atomic E-state index is -0.627. The lowest BCUT2D eigenvalue weighted by molar-refractivity contribution is -0.127. The van der Waals surface area contributed by atoms with Crippen molar-refractivity contribution in [3.8, 4) is 17.2 Å². The van der Waals surface area contributed by atoms with Crippen LogP contribution in [0.2, 0.25) is 0 Å². The summed E-state index contributed by atoms with van der Waals surface area (Å²) in [6, 6.07) is 13.3. The summed E-state index contributed by atoms with van der Waals surface area (Å²) in [6.45, 7) is 6.56. The van der Waals surface area contributed by atoms with Gasteiger partial charge in [0, 0.05) is 0 Å². The first kappa shape index (κ1) is 18.6. The number of nitrogens with one attached hydrogen (secondary N) is 1. The van der Waals surface area contributed by atoms with Crippen LogP contribution in [-0.4, -0.2) is 32.3 Å². The van der Waals surface area contributed by atoms with Crippen molar-refractivity contribution in [1.29, 1.82) is 0 Å². The zero-order valence-corrected chi connectivity index (χ0v) is 15.2. The molecule has 0 aliphatic carbocycles. The standard InChI is InChI=1S/C20H25NO4/c1-14-9-10-17(15(2)13-14)24-12-11-21-20(22)16(3)25-19-8-6-5-7-18(19)23-4/h5-10,13,16H,11-12H2,1-4H3,(H,21,22)/t16-/m1/s1. The summed E-state index contributed by atoms with van der Waals surface area (Å²) in [5.41, 5.74) is 2.28.